The van der Waals surface area contributed by atoms with Gasteiger partial charge >= 0.3 is 6.09 Å². The number of hydrogen-bond donors (Lipinski definition) is 3. The normalized spacial score (nSPS) is 14.9. The molecule has 0 saturated carbocycles. The van der Waals surface area contributed by atoms with E-state index < -0.39 is 11.7 Å². The Balaban J connectivity index is 1.63. The van der Waals surface area contributed by atoms with Gasteiger partial charge in [-0.25, -0.2) is 15.2 Å². The van der Waals surface area contributed by atoms with E-state index in [0.29, 0.717) is 30.6 Å². The van der Waals surface area contributed by atoms with E-state index in [0.717, 1.165) is 17.9 Å². The first kappa shape index (κ1) is 20.9. The highest BCUT2D eigenvalue weighted by molar-refractivity contribution is 6.20. The van der Waals surface area contributed by atoms with Crippen LogP contribution >= 0.6 is 0 Å². The van der Waals surface area contributed by atoms with Crippen LogP contribution in [0.4, 0.5) is 4.79 Å². The number of hydrazine groups is 1. The van der Waals surface area contributed by atoms with Crippen molar-refractivity contribution in [3.63, 3.8) is 0 Å². The zero-order valence-corrected chi connectivity index (χ0v) is 16.1. The van der Waals surface area contributed by atoms with Crippen molar-refractivity contribution in [2.45, 2.75) is 51.7 Å². The van der Waals surface area contributed by atoms with Gasteiger partial charge in [-0.1, -0.05) is 18.6 Å². The summed E-state index contributed by atoms with van der Waals surface area (Å²) in [5, 5.41) is 3.72. The van der Waals surface area contributed by atoms with Gasteiger partial charge in [-0.2, -0.15) is 0 Å². The monoisotopic (exact) mass is 376 g/mol. The molecule has 0 fully saturated rings. The van der Waals surface area contributed by atoms with E-state index >= 15 is 0 Å². The average molecular weight is 376 g/mol. The van der Waals surface area contributed by atoms with E-state index in [2.05, 4.69) is 10.7 Å². The highest BCUT2D eigenvalue weighted by Gasteiger charge is 2.35. The molecule has 0 bridgehead atoms. The Bertz CT molecular complexity index is 664. The van der Waals surface area contributed by atoms with E-state index in [4.69, 9.17) is 10.5 Å². The number of carbonyl (C=O) groups excluding carboxylic acids is 3. The van der Waals surface area contributed by atoms with E-state index in [-0.39, 0.29) is 17.9 Å². The largest absolute Gasteiger partial charge is 0.444 e. The van der Waals surface area contributed by atoms with E-state index in [1.165, 1.54) is 0 Å². The summed E-state index contributed by atoms with van der Waals surface area (Å²) in [6, 6.07) is 6.51. The van der Waals surface area contributed by atoms with Crippen molar-refractivity contribution >= 4 is 17.9 Å². The SMILES string of the molecule is CC(C)(C)OC(=O)NCCCC[C@H](N)CNN1C(=O)c2ccccc2C1=O. The van der Waals surface area contributed by atoms with Crippen LogP contribution in [0, 0.1) is 0 Å². The molecule has 4 N–H and O–H groups in total. The van der Waals surface area contributed by atoms with Crippen LogP contribution in [0.5, 0.6) is 0 Å². The standard InChI is InChI=1S/C19H28N4O4/c1-19(2,3)27-18(26)21-11-7-6-8-13(20)12-22-23-16(24)14-9-4-5-10-15(14)17(23)25/h4-5,9-10,13,22H,6-8,11-12,20H2,1-3H3,(H,21,26)/t13-/m0/s1. The lowest BCUT2D eigenvalue weighted by atomic mass is 10.1. The van der Waals surface area contributed by atoms with Gasteiger partial charge in [0.15, 0.2) is 0 Å². The summed E-state index contributed by atoms with van der Waals surface area (Å²) in [5.74, 6) is -0.714. The third kappa shape index (κ3) is 6.04. The summed E-state index contributed by atoms with van der Waals surface area (Å²) < 4.78 is 5.15. The van der Waals surface area contributed by atoms with Crippen LogP contribution in [0.25, 0.3) is 0 Å². The van der Waals surface area contributed by atoms with Gasteiger partial charge in [0.25, 0.3) is 11.8 Å². The Morgan fingerprint density at radius 2 is 1.74 bits per heavy atom. The molecular weight excluding hydrogens is 348 g/mol. The fourth-order valence-corrected chi connectivity index (χ4v) is 2.68. The van der Waals surface area contributed by atoms with Crippen molar-refractivity contribution in [1.82, 2.24) is 15.8 Å². The number of nitrogens with one attached hydrogen (secondary N) is 2. The summed E-state index contributed by atoms with van der Waals surface area (Å²) >= 11 is 0. The zero-order chi connectivity index (χ0) is 20.0. The number of benzene rings is 1. The highest BCUT2D eigenvalue weighted by atomic mass is 16.6. The van der Waals surface area contributed by atoms with E-state index in [1.807, 2.05) is 20.8 Å². The van der Waals surface area contributed by atoms with Crippen molar-refractivity contribution in [2.75, 3.05) is 13.1 Å². The van der Waals surface area contributed by atoms with Gasteiger partial charge in [0.1, 0.15) is 5.60 Å². The summed E-state index contributed by atoms with van der Waals surface area (Å²) in [5.41, 5.74) is 9.17. The van der Waals surface area contributed by atoms with Crippen molar-refractivity contribution in [3.05, 3.63) is 35.4 Å². The molecule has 1 aliphatic rings. The van der Waals surface area contributed by atoms with Crippen LogP contribution in [-0.4, -0.2) is 47.6 Å². The number of nitrogens with zero attached hydrogens (tertiary/aromatic N) is 1. The van der Waals surface area contributed by atoms with Gasteiger partial charge in [-0.15, -0.1) is 0 Å². The smallest absolute Gasteiger partial charge is 0.407 e. The number of hydrogen-bond acceptors (Lipinski definition) is 6. The predicted octanol–water partition coefficient (Wildman–Crippen LogP) is 1.81. The molecule has 0 unspecified atom stereocenters. The molecule has 8 nitrogen and oxygen atoms in total. The fourth-order valence-electron chi connectivity index (χ4n) is 2.68. The summed E-state index contributed by atoms with van der Waals surface area (Å²) in [4.78, 5) is 36.0. The van der Waals surface area contributed by atoms with Crippen molar-refractivity contribution < 1.29 is 19.1 Å². The van der Waals surface area contributed by atoms with Gasteiger partial charge in [0.05, 0.1) is 11.1 Å². The number of nitrogens with two attached hydrogens (primary N) is 1. The Kier molecular flexibility index (Phi) is 6.92. The van der Waals surface area contributed by atoms with Gasteiger partial charge in [0.2, 0.25) is 0 Å². The second kappa shape index (κ2) is 8.96. The second-order valence-corrected chi connectivity index (χ2v) is 7.54. The molecule has 0 spiro atoms. The van der Waals surface area contributed by atoms with E-state index in [1.54, 1.807) is 24.3 Å². The minimum absolute atomic E-state index is 0.212. The molecule has 1 heterocycles. The molecule has 1 aliphatic heterocycles. The maximum Gasteiger partial charge on any atom is 0.407 e. The van der Waals surface area contributed by atoms with Gasteiger partial charge < -0.3 is 15.8 Å². The average Bonchev–Trinajstić information content (AvgIpc) is 2.82. The highest BCUT2D eigenvalue weighted by Crippen LogP contribution is 2.20. The number of unbranched alkanes of at least 4 members (excludes halogenated alkanes) is 1. The minimum Gasteiger partial charge on any atom is -0.444 e. The quantitative estimate of drug-likeness (QED) is 0.471. The molecule has 8 heteroatoms. The molecule has 1 aromatic rings. The van der Waals surface area contributed by atoms with Crippen LogP contribution in [0.15, 0.2) is 24.3 Å². The number of amides is 3. The van der Waals surface area contributed by atoms with Gasteiger partial charge in [0, 0.05) is 19.1 Å². The number of ether oxygens (including phenoxy) is 1. The zero-order valence-electron chi connectivity index (χ0n) is 16.1. The third-order valence-corrected chi connectivity index (χ3v) is 3.98. The Hall–Kier alpha value is -2.45. The van der Waals surface area contributed by atoms with Crippen LogP contribution in [-0.2, 0) is 4.74 Å². The van der Waals surface area contributed by atoms with Crippen LogP contribution in [0.1, 0.15) is 60.7 Å². The first-order chi connectivity index (χ1) is 12.7. The molecule has 0 radical (unpaired) electrons. The van der Waals surface area contributed by atoms with Gasteiger partial charge in [-0.3, -0.25) is 9.59 Å². The van der Waals surface area contributed by atoms with Crippen LogP contribution in [0.3, 0.4) is 0 Å². The van der Waals surface area contributed by atoms with Crippen molar-refractivity contribution in [1.29, 1.82) is 0 Å². The number of rotatable bonds is 8. The summed E-state index contributed by atoms with van der Waals surface area (Å²) in [6.45, 7) is 6.26. The molecule has 148 valence electrons. The predicted molar refractivity (Wildman–Crippen MR) is 101 cm³/mol. The van der Waals surface area contributed by atoms with Gasteiger partial charge in [-0.05, 0) is 45.7 Å². The Morgan fingerprint density at radius 1 is 1.15 bits per heavy atom. The topological polar surface area (TPSA) is 114 Å². The lowest BCUT2D eigenvalue weighted by Gasteiger charge is -2.20. The molecule has 0 aromatic heterocycles. The first-order valence-electron chi connectivity index (χ1n) is 9.13. The maximum absolute atomic E-state index is 12.2. The fraction of sp³-hybridized carbons (Fsp3) is 0.526. The first-order valence-corrected chi connectivity index (χ1v) is 9.13. The molecule has 2 rings (SSSR count). The molecule has 1 aromatic carbocycles. The number of fused-ring (bicyclic) bond motifs is 1. The maximum atomic E-state index is 12.2. The lowest BCUT2D eigenvalue weighted by Crippen LogP contribution is -2.47. The molecule has 1 atom stereocenters. The minimum atomic E-state index is -0.512. The van der Waals surface area contributed by atoms with Crippen molar-refractivity contribution in [3.8, 4) is 0 Å². The molecule has 3 amide bonds. The van der Waals surface area contributed by atoms with E-state index in [9.17, 15) is 14.4 Å². The van der Waals surface area contributed by atoms with Crippen LogP contribution < -0.4 is 16.5 Å². The second-order valence-electron chi connectivity index (χ2n) is 7.54. The lowest BCUT2D eigenvalue weighted by molar-refractivity contribution is 0.0524. The number of imide groups is 1. The molecule has 0 aliphatic carbocycles. The van der Waals surface area contributed by atoms with Crippen molar-refractivity contribution in [2.24, 2.45) is 5.73 Å². The summed E-state index contributed by atoms with van der Waals surface area (Å²) in [6.07, 6.45) is 1.84. The number of carbonyl (C=O) groups is 3. The van der Waals surface area contributed by atoms with Crippen LogP contribution in [0.2, 0.25) is 0 Å². The molecular formula is C19H28N4O4. The molecule has 27 heavy (non-hydrogen) atoms. The Morgan fingerprint density at radius 3 is 2.30 bits per heavy atom. The Labute approximate surface area is 159 Å². The molecule has 0 saturated heterocycles. The summed E-state index contributed by atoms with van der Waals surface area (Å²) in [7, 11) is 0. The number of alkyl carbamates (subject to hydrolysis) is 1. The third-order valence-electron chi connectivity index (χ3n) is 3.98.